The normalized spacial score (nSPS) is 18.9. The summed E-state index contributed by atoms with van der Waals surface area (Å²) in [4.78, 5) is 23.3. The van der Waals surface area contributed by atoms with Gasteiger partial charge < -0.3 is 15.4 Å². The summed E-state index contributed by atoms with van der Waals surface area (Å²) < 4.78 is 5.50. The molecule has 1 saturated heterocycles. The number of carbonyl (C=O) groups is 1. The van der Waals surface area contributed by atoms with Gasteiger partial charge in [-0.2, -0.15) is 5.10 Å². The van der Waals surface area contributed by atoms with Gasteiger partial charge in [-0.05, 0) is 32.4 Å². The number of ether oxygens (including phenoxy) is 1. The molecule has 0 aliphatic carbocycles. The van der Waals surface area contributed by atoms with Crippen LogP contribution in [-0.4, -0.2) is 42.0 Å². The zero-order valence-electron chi connectivity index (χ0n) is 11.9. The van der Waals surface area contributed by atoms with Crippen molar-refractivity contribution in [3.63, 3.8) is 0 Å². The van der Waals surface area contributed by atoms with Crippen LogP contribution in [0, 0.1) is 0 Å². The van der Waals surface area contributed by atoms with Crippen molar-refractivity contribution < 1.29 is 9.53 Å². The second kappa shape index (κ2) is 7.42. The third kappa shape index (κ3) is 4.18. The smallest absolute Gasteiger partial charge is 0.327 e. The number of anilines is 1. The molecule has 1 aliphatic rings. The lowest BCUT2D eigenvalue weighted by atomic mass is 10.1. The van der Waals surface area contributed by atoms with Gasteiger partial charge in [-0.25, -0.2) is 4.68 Å². The molecular weight excluding hydrogens is 296 g/mol. The summed E-state index contributed by atoms with van der Waals surface area (Å²) in [6.07, 6.45) is 4.52. The molecule has 116 valence electrons. The lowest BCUT2D eigenvalue weighted by Crippen LogP contribution is -2.29. The van der Waals surface area contributed by atoms with Gasteiger partial charge in [0.1, 0.15) is 11.6 Å². The fourth-order valence-electron chi connectivity index (χ4n) is 2.25. The molecule has 0 saturated carbocycles. The summed E-state index contributed by atoms with van der Waals surface area (Å²) >= 11 is 6.08. The van der Waals surface area contributed by atoms with Gasteiger partial charge in [-0.1, -0.05) is 11.6 Å². The molecule has 21 heavy (non-hydrogen) atoms. The summed E-state index contributed by atoms with van der Waals surface area (Å²) in [7, 11) is 1.25. The quantitative estimate of drug-likeness (QED) is 0.793. The second-order valence-electron chi connectivity index (χ2n) is 4.93. The van der Waals surface area contributed by atoms with E-state index in [0.717, 1.165) is 37.0 Å². The summed E-state index contributed by atoms with van der Waals surface area (Å²) in [5.74, 6) is -0.545. The van der Waals surface area contributed by atoms with Crippen molar-refractivity contribution in [1.82, 2.24) is 15.1 Å². The fraction of sp³-hybridized carbons (Fsp3) is 0.615. The van der Waals surface area contributed by atoms with E-state index in [1.54, 1.807) is 0 Å². The number of hydrogen-bond donors (Lipinski definition) is 2. The van der Waals surface area contributed by atoms with E-state index in [0.29, 0.717) is 5.69 Å². The number of halogens is 1. The van der Waals surface area contributed by atoms with Gasteiger partial charge in [0, 0.05) is 6.04 Å². The molecule has 0 radical (unpaired) electrons. The molecule has 0 amide bonds. The molecule has 2 heterocycles. The predicted molar refractivity (Wildman–Crippen MR) is 79.7 cm³/mol. The van der Waals surface area contributed by atoms with Crippen LogP contribution in [0.1, 0.15) is 19.3 Å². The van der Waals surface area contributed by atoms with Crippen LogP contribution in [0.2, 0.25) is 5.02 Å². The van der Waals surface area contributed by atoms with Crippen LogP contribution in [-0.2, 0) is 16.1 Å². The maximum atomic E-state index is 12.1. The third-order valence-corrected chi connectivity index (χ3v) is 3.79. The first-order valence-electron chi connectivity index (χ1n) is 6.91. The van der Waals surface area contributed by atoms with Crippen molar-refractivity contribution in [1.29, 1.82) is 0 Å². The largest absolute Gasteiger partial charge is 0.468 e. The van der Waals surface area contributed by atoms with Gasteiger partial charge in [0.25, 0.3) is 5.56 Å². The first-order chi connectivity index (χ1) is 10.1. The Balaban J connectivity index is 2.12. The molecule has 8 heteroatoms. The van der Waals surface area contributed by atoms with Crippen LogP contribution in [0.5, 0.6) is 0 Å². The maximum absolute atomic E-state index is 12.1. The minimum absolute atomic E-state index is 0.0473. The molecule has 1 aromatic rings. The third-order valence-electron chi connectivity index (χ3n) is 3.43. The van der Waals surface area contributed by atoms with Crippen molar-refractivity contribution in [3.05, 3.63) is 21.6 Å². The van der Waals surface area contributed by atoms with E-state index in [1.807, 2.05) is 0 Å². The number of carbonyl (C=O) groups excluding carboxylic acids is 1. The van der Waals surface area contributed by atoms with E-state index < -0.39 is 11.5 Å². The number of rotatable bonds is 4. The van der Waals surface area contributed by atoms with E-state index >= 15 is 0 Å². The summed E-state index contributed by atoms with van der Waals surface area (Å²) in [6.45, 7) is 1.69. The summed E-state index contributed by atoms with van der Waals surface area (Å²) in [5, 5.41) is 10.6. The van der Waals surface area contributed by atoms with Crippen LogP contribution in [0.25, 0.3) is 0 Å². The molecule has 2 N–H and O–H groups in total. The molecular formula is C13H19ClN4O3. The predicted octanol–water partition coefficient (Wildman–Crippen LogP) is 0.624. The summed E-state index contributed by atoms with van der Waals surface area (Å²) in [5.41, 5.74) is 0.00787. The highest BCUT2D eigenvalue weighted by Gasteiger charge is 2.16. The number of esters is 1. The Morgan fingerprint density at radius 1 is 1.57 bits per heavy atom. The molecule has 0 bridgehead atoms. The first-order valence-corrected chi connectivity index (χ1v) is 7.29. The number of nitrogens with zero attached hydrogens (tertiary/aromatic N) is 2. The molecule has 7 nitrogen and oxygen atoms in total. The monoisotopic (exact) mass is 314 g/mol. The lowest BCUT2D eigenvalue weighted by Gasteiger charge is -2.18. The zero-order valence-corrected chi connectivity index (χ0v) is 12.7. The summed E-state index contributed by atoms with van der Waals surface area (Å²) in [6, 6.07) is 0.259. The molecule has 1 aliphatic heterocycles. The molecule has 1 fully saturated rings. The van der Waals surface area contributed by atoms with Crippen LogP contribution in [0.3, 0.4) is 0 Å². The van der Waals surface area contributed by atoms with Crippen LogP contribution >= 0.6 is 11.6 Å². The van der Waals surface area contributed by atoms with E-state index in [-0.39, 0.29) is 17.6 Å². The second-order valence-corrected chi connectivity index (χ2v) is 5.31. The molecule has 0 spiro atoms. The average Bonchev–Trinajstić information content (AvgIpc) is 2.75. The number of nitrogens with one attached hydrogen (secondary N) is 2. The molecule has 2 rings (SSSR count). The van der Waals surface area contributed by atoms with Crippen LogP contribution in [0.4, 0.5) is 5.69 Å². The van der Waals surface area contributed by atoms with Gasteiger partial charge in [-0.3, -0.25) is 9.59 Å². The van der Waals surface area contributed by atoms with Crippen molar-refractivity contribution in [2.45, 2.75) is 31.8 Å². The Labute approximate surface area is 127 Å². The minimum atomic E-state index is -0.545. The SMILES string of the molecule is COC(=O)Cn1ncc(NC2CCCNCC2)c(Cl)c1=O. The van der Waals surface area contributed by atoms with E-state index in [2.05, 4.69) is 20.5 Å². The van der Waals surface area contributed by atoms with Gasteiger partial charge in [0.15, 0.2) is 0 Å². The van der Waals surface area contributed by atoms with E-state index in [4.69, 9.17) is 11.6 Å². The van der Waals surface area contributed by atoms with Crippen LogP contribution < -0.4 is 16.2 Å². The number of methoxy groups -OCH3 is 1. The van der Waals surface area contributed by atoms with Gasteiger partial charge in [0.05, 0.1) is 19.0 Å². The van der Waals surface area contributed by atoms with Gasteiger partial charge in [-0.15, -0.1) is 0 Å². The molecule has 1 unspecified atom stereocenters. The fourth-order valence-corrected chi connectivity index (χ4v) is 2.45. The van der Waals surface area contributed by atoms with Crippen LogP contribution in [0.15, 0.2) is 11.0 Å². The number of aromatic nitrogens is 2. The highest BCUT2D eigenvalue weighted by atomic mass is 35.5. The Morgan fingerprint density at radius 3 is 3.14 bits per heavy atom. The molecule has 0 aromatic carbocycles. The van der Waals surface area contributed by atoms with E-state index in [1.165, 1.54) is 13.3 Å². The van der Waals surface area contributed by atoms with Crippen molar-refractivity contribution in [3.8, 4) is 0 Å². The lowest BCUT2D eigenvalue weighted by molar-refractivity contribution is -0.141. The highest BCUT2D eigenvalue weighted by molar-refractivity contribution is 6.32. The Hall–Kier alpha value is -1.60. The Bertz CT molecular complexity index is 553. The highest BCUT2D eigenvalue weighted by Crippen LogP contribution is 2.19. The van der Waals surface area contributed by atoms with Gasteiger partial charge >= 0.3 is 5.97 Å². The first kappa shape index (κ1) is 15.8. The standard InChI is InChI=1S/C13H19ClN4O3/c1-21-11(19)8-18-13(20)12(14)10(7-16-18)17-9-3-2-5-15-6-4-9/h7,9,15,17H,2-6,8H2,1H3. The average molecular weight is 315 g/mol. The number of hydrogen-bond acceptors (Lipinski definition) is 6. The van der Waals surface area contributed by atoms with Crippen molar-refractivity contribution >= 4 is 23.3 Å². The minimum Gasteiger partial charge on any atom is -0.468 e. The van der Waals surface area contributed by atoms with Crippen molar-refractivity contribution in [2.24, 2.45) is 0 Å². The van der Waals surface area contributed by atoms with Crippen molar-refractivity contribution in [2.75, 3.05) is 25.5 Å². The maximum Gasteiger partial charge on any atom is 0.327 e. The topological polar surface area (TPSA) is 85.2 Å². The Kier molecular flexibility index (Phi) is 5.58. The van der Waals surface area contributed by atoms with E-state index in [9.17, 15) is 9.59 Å². The Morgan fingerprint density at radius 2 is 2.38 bits per heavy atom. The molecule has 1 atom stereocenters. The molecule has 1 aromatic heterocycles. The van der Waals surface area contributed by atoms with Gasteiger partial charge in [0.2, 0.25) is 0 Å². The zero-order chi connectivity index (χ0) is 15.2.